The number of ether oxygens (including phenoxy) is 2. The summed E-state index contributed by atoms with van der Waals surface area (Å²) in [5.74, 6) is 0.0880. The molecule has 0 spiro atoms. The van der Waals surface area contributed by atoms with Crippen LogP contribution in [0.4, 0.5) is 0 Å². The molecule has 0 aliphatic carbocycles. The molecule has 1 saturated heterocycles. The fourth-order valence-electron chi connectivity index (χ4n) is 2.62. The summed E-state index contributed by atoms with van der Waals surface area (Å²) in [6, 6.07) is 7.29. The molecule has 1 fully saturated rings. The maximum absolute atomic E-state index is 11.4. The van der Waals surface area contributed by atoms with Crippen LogP contribution in [0.3, 0.4) is 0 Å². The Morgan fingerprint density at radius 1 is 1.45 bits per heavy atom. The molecule has 1 aliphatic heterocycles. The van der Waals surface area contributed by atoms with Crippen LogP contribution in [0.25, 0.3) is 0 Å². The first-order valence-corrected chi connectivity index (χ1v) is 6.79. The lowest BCUT2D eigenvalue weighted by Crippen LogP contribution is -2.31. The zero-order valence-corrected chi connectivity index (χ0v) is 11.9. The van der Waals surface area contributed by atoms with Gasteiger partial charge in [0, 0.05) is 6.54 Å². The lowest BCUT2D eigenvalue weighted by atomic mass is 9.92. The van der Waals surface area contributed by atoms with Gasteiger partial charge in [-0.3, -0.25) is 4.79 Å². The maximum atomic E-state index is 11.4. The van der Waals surface area contributed by atoms with Gasteiger partial charge in [0.15, 0.2) is 11.5 Å². The Bertz CT molecular complexity index is 463. The fraction of sp³-hybridized carbons (Fsp3) is 0.533. The van der Waals surface area contributed by atoms with Crippen molar-refractivity contribution in [3.05, 3.63) is 24.3 Å². The lowest BCUT2D eigenvalue weighted by molar-refractivity contribution is -0.144. The monoisotopic (exact) mass is 279 g/mol. The SMILES string of the molecule is COc1ccccc1OCC(C(=O)O)C1CCN(C)C1. The number of hydrogen-bond donors (Lipinski definition) is 1. The number of hydrogen-bond acceptors (Lipinski definition) is 4. The maximum Gasteiger partial charge on any atom is 0.310 e. The van der Waals surface area contributed by atoms with Crippen LogP contribution in [-0.4, -0.2) is 49.8 Å². The second-order valence-electron chi connectivity index (χ2n) is 5.22. The number of likely N-dealkylation sites (tertiary alicyclic amines) is 1. The van der Waals surface area contributed by atoms with Crippen LogP contribution in [0.1, 0.15) is 6.42 Å². The third kappa shape index (κ3) is 3.42. The number of methoxy groups -OCH3 is 1. The lowest BCUT2D eigenvalue weighted by Gasteiger charge is -2.20. The van der Waals surface area contributed by atoms with Crippen LogP contribution < -0.4 is 9.47 Å². The highest BCUT2D eigenvalue weighted by Gasteiger charge is 2.33. The quantitative estimate of drug-likeness (QED) is 0.859. The number of benzene rings is 1. The number of carbonyl (C=O) groups is 1. The molecule has 5 heteroatoms. The molecule has 5 nitrogen and oxygen atoms in total. The van der Waals surface area contributed by atoms with Gasteiger partial charge in [-0.15, -0.1) is 0 Å². The minimum Gasteiger partial charge on any atom is -0.493 e. The van der Waals surface area contributed by atoms with Crippen LogP contribution in [-0.2, 0) is 4.79 Å². The molecular formula is C15H21NO4. The van der Waals surface area contributed by atoms with E-state index in [0.29, 0.717) is 11.5 Å². The van der Waals surface area contributed by atoms with E-state index in [-0.39, 0.29) is 12.5 Å². The van der Waals surface area contributed by atoms with Crippen LogP contribution >= 0.6 is 0 Å². The van der Waals surface area contributed by atoms with Crippen LogP contribution in [0.15, 0.2) is 24.3 Å². The van der Waals surface area contributed by atoms with E-state index in [1.165, 1.54) is 0 Å². The number of rotatable bonds is 6. The molecule has 0 radical (unpaired) electrons. The van der Waals surface area contributed by atoms with Crippen LogP contribution in [0.2, 0.25) is 0 Å². The average molecular weight is 279 g/mol. The van der Waals surface area contributed by atoms with Crippen molar-refractivity contribution in [3.63, 3.8) is 0 Å². The number of nitrogens with zero attached hydrogens (tertiary/aromatic N) is 1. The Morgan fingerprint density at radius 2 is 2.15 bits per heavy atom. The highest BCUT2D eigenvalue weighted by atomic mass is 16.5. The van der Waals surface area contributed by atoms with Gasteiger partial charge in [0.25, 0.3) is 0 Å². The summed E-state index contributed by atoms with van der Waals surface area (Å²) < 4.78 is 10.9. The predicted octanol–water partition coefficient (Wildman–Crippen LogP) is 1.73. The van der Waals surface area contributed by atoms with E-state index in [0.717, 1.165) is 19.5 Å². The summed E-state index contributed by atoms with van der Waals surface area (Å²) in [7, 11) is 3.59. The minimum absolute atomic E-state index is 0.146. The van der Waals surface area contributed by atoms with E-state index in [1.54, 1.807) is 19.2 Å². The Kier molecular flexibility index (Phi) is 4.84. The molecule has 20 heavy (non-hydrogen) atoms. The number of aliphatic carboxylic acids is 1. The van der Waals surface area contributed by atoms with E-state index in [2.05, 4.69) is 4.90 Å². The van der Waals surface area contributed by atoms with Gasteiger partial charge in [-0.1, -0.05) is 12.1 Å². The Balaban J connectivity index is 2.00. The summed E-state index contributed by atoms with van der Waals surface area (Å²) in [6.07, 6.45) is 0.906. The van der Waals surface area contributed by atoms with E-state index >= 15 is 0 Å². The minimum atomic E-state index is -0.791. The first kappa shape index (κ1) is 14.7. The molecule has 1 aromatic rings. The number of carboxylic acid groups (broad SMARTS) is 1. The summed E-state index contributed by atoms with van der Waals surface area (Å²) >= 11 is 0. The molecule has 110 valence electrons. The highest BCUT2D eigenvalue weighted by molar-refractivity contribution is 5.70. The van der Waals surface area contributed by atoms with E-state index in [4.69, 9.17) is 9.47 Å². The van der Waals surface area contributed by atoms with Gasteiger partial charge in [0.05, 0.1) is 13.0 Å². The molecule has 1 heterocycles. The molecule has 1 aromatic carbocycles. The summed E-state index contributed by atoms with van der Waals surface area (Å²) in [5.41, 5.74) is 0. The van der Waals surface area contributed by atoms with Gasteiger partial charge in [0.2, 0.25) is 0 Å². The van der Waals surface area contributed by atoms with Gasteiger partial charge in [-0.25, -0.2) is 0 Å². The zero-order chi connectivity index (χ0) is 14.5. The van der Waals surface area contributed by atoms with Crippen LogP contribution in [0.5, 0.6) is 11.5 Å². The van der Waals surface area contributed by atoms with Crippen molar-refractivity contribution < 1.29 is 19.4 Å². The Labute approximate surface area is 119 Å². The largest absolute Gasteiger partial charge is 0.493 e. The second-order valence-corrected chi connectivity index (χ2v) is 5.22. The predicted molar refractivity (Wildman–Crippen MR) is 75.2 cm³/mol. The van der Waals surface area contributed by atoms with Crippen molar-refractivity contribution in [2.45, 2.75) is 6.42 Å². The third-order valence-electron chi connectivity index (χ3n) is 3.80. The zero-order valence-electron chi connectivity index (χ0n) is 11.9. The van der Waals surface area contributed by atoms with Gasteiger partial charge in [-0.05, 0) is 38.1 Å². The molecule has 0 bridgehead atoms. The number of carboxylic acids is 1. The fourth-order valence-corrected chi connectivity index (χ4v) is 2.62. The molecule has 0 amide bonds. The summed E-state index contributed by atoms with van der Waals surface area (Å²) in [6.45, 7) is 1.93. The normalized spacial score (nSPS) is 20.6. The van der Waals surface area contributed by atoms with Crippen molar-refractivity contribution in [1.82, 2.24) is 4.90 Å². The molecule has 2 unspecified atom stereocenters. The van der Waals surface area contributed by atoms with Gasteiger partial charge in [-0.2, -0.15) is 0 Å². The number of para-hydroxylation sites is 2. The van der Waals surface area contributed by atoms with Crippen molar-refractivity contribution >= 4 is 5.97 Å². The highest BCUT2D eigenvalue weighted by Crippen LogP contribution is 2.29. The molecule has 0 saturated carbocycles. The van der Waals surface area contributed by atoms with Gasteiger partial charge < -0.3 is 19.5 Å². The average Bonchev–Trinajstić information content (AvgIpc) is 2.85. The summed E-state index contributed by atoms with van der Waals surface area (Å²) in [5, 5.41) is 9.39. The van der Waals surface area contributed by atoms with Crippen molar-refractivity contribution in [2.75, 3.05) is 33.9 Å². The molecule has 0 aromatic heterocycles. The van der Waals surface area contributed by atoms with Crippen molar-refractivity contribution in [2.24, 2.45) is 11.8 Å². The van der Waals surface area contributed by atoms with Crippen LogP contribution in [0, 0.1) is 11.8 Å². The standard InChI is InChI=1S/C15H21NO4/c1-16-8-7-11(9-16)12(15(17)18)10-20-14-6-4-3-5-13(14)19-2/h3-6,11-12H,7-10H2,1-2H3,(H,17,18). The molecular weight excluding hydrogens is 258 g/mol. The topological polar surface area (TPSA) is 59.0 Å². The first-order valence-electron chi connectivity index (χ1n) is 6.79. The van der Waals surface area contributed by atoms with Crippen molar-refractivity contribution in [1.29, 1.82) is 0 Å². The Morgan fingerprint density at radius 3 is 2.70 bits per heavy atom. The molecule has 1 N–H and O–H groups in total. The summed E-state index contributed by atoms with van der Waals surface area (Å²) in [4.78, 5) is 13.6. The van der Waals surface area contributed by atoms with Gasteiger partial charge >= 0.3 is 5.97 Å². The van der Waals surface area contributed by atoms with Gasteiger partial charge in [0.1, 0.15) is 6.61 Å². The third-order valence-corrected chi connectivity index (χ3v) is 3.80. The first-order chi connectivity index (χ1) is 9.61. The molecule has 1 aliphatic rings. The molecule has 2 atom stereocenters. The van der Waals surface area contributed by atoms with E-state index in [1.807, 2.05) is 19.2 Å². The molecule has 2 rings (SSSR count). The van der Waals surface area contributed by atoms with E-state index in [9.17, 15) is 9.90 Å². The van der Waals surface area contributed by atoms with E-state index < -0.39 is 11.9 Å². The van der Waals surface area contributed by atoms with Crippen molar-refractivity contribution in [3.8, 4) is 11.5 Å². The second kappa shape index (κ2) is 6.61. The Hall–Kier alpha value is -1.75. The smallest absolute Gasteiger partial charge is 0.310 e.